The summed E-state index contributed by atoms with van der Waals surface area (Å²) in [6.07, 6.45) is 1.82. The van der Waals surface area contributed by atoms with Crippen molar-refractivity contribution >= 4 is 5.91 Å². The van der Waals surface area contributed by atoms with Crippen molar-refractivity contribution in [3.8, 4) is 17.2 Å². The van der Waals surface area contributed by atoms with Crippen molar-refractivity contribution in [1.29, 1.82) is 0 Å². The standard InChI is InChI=1S/C25H28N2O5/c1-16-22(17(2)32-26-16)15-31-19-9-7-18(8-10-19)25(28)27-13-5-6-23(27)21-14-20(29-3)11-12-24(21)30-4/h7-12,14,23H,5-6,13,15H2,1-4H3. The lowest BCUT2D eigenvalue weighted by Crippen LogP contribution is -2.30. The van der Waals surface area contributed by atoms with Crippen LogP contribution >= 0.6 is 0 Å². The summed E-state index contributed by atoms with van der Waals surface area (Å²) in [5.74, 6) is 2.95. The summed E-state index contributed by atoms with van der Waals surface area (Å²) in [6, 6.07) is 12.9. The molecule has 0 N–H and O–H groups in total. The number of ether oxygens (including phenoxy) is 3. The summed E-state index contributed by atoms with van der Waals surface area (Å²) in [5.41, 5.74) is 3.36. The fraction of sp³-hybridized carbons (Fsp3) is 0.360. The minimum Gasteiger partial charge on any atom is -0.497 e. The van der Waals surface area contributed by atoms with Gasteiger partial charge in [0.1, 0.15) is 29.6 Å². The van der Waals surface area contributed by atoms with E-state index in [1.54, 1.807) is 14.2 Å². The van der Waals surface area contributed by atoms with Gasteiger partial charge in [0.15, 0.2) is 0 Å². The van der Waals surface area contributed by atoms with E-state index in [0.717, 1.165) is 46.9 Å². The Morgan fingerprint density at radius 3 is 2.50 bits per heavy atom. The Kier molecular flexibility index (Phi) is 6.35. The van der Waals surface area contributed by atoms with Crippen LogP contribution in [0, 0.1) is 13.8 Å². The van der Waals surface area contributed by atoms with Gasteiger partial charge in [-0.1, -0.05) is 5.16 Å². The first-order valence-corrected chi connectivity index (χ1v) is 10.7. The number of carbonyl (C=O) groups is 1. The van der Waals surface area contributed by atoms with Gasteiger partial charge >= 0.3 is 0 Å². The van der Waals surface area contributed by atoms with E-state index in [0.29, 0.717) is 24.5 Å². The Balaban J connectivity index is 1.49. The maximum atomic E-state index is 13.3. The molecule has 0 saturated carbocycles. The molecule has 0 bridgehead atoms. The van der Waals surface area contributed by atoms with Crippen LogP contribution in [0.25, 0.3) is 0 Å². The monoisotopic (exact) mass is 436 g/mol. The Hall–Kier alpha value is -3.48. The number of benzene rings is 2. The van der Waals surface area contributed by atoms with Gasteiger partial charge < -0.3 is 23.6 Å². The van der Waals surface area contributed by atoms with E-state index in [1.807, 2.05) is 61.2 Å². The Morgan fingerprint density at radius 1 is 1.09 bits per heavy atom. The van der Waals surface area contributed by atoms with Gasteiger partial charge in [-0.15, -0.1) is 0 Å². The number of carbonyl (C=O) groups excluding carboxylic acids is 1. The summed E-state index contributed by atoms with van der Waals surface area (Å²) in [5, 5.41) is 3.94. The highest BCUT2D eigenvalue weighted by molar-refractivity contribution is 5.94. The molecule has 2 heterocycles. The molecule has 1 fully saturated rings. The third-order valence-corrected chi connectivity index (χ3v) is 5.98. The lowest BCUT2D eigenvalue weighted by molar-refractivity contribution is 0.0734. The van der Waals surface area contributed by atoms with E-state index in [-0.39, 0.29) is 11.9 Å². The molecule has 1 aliphatic rings. The highest BCUT2D eigenvalue weighted by atomic mass is 16.5. The molecular weight excluding hydrogens is 408 g/mol. The van der Waals surface area contributed by atoms with Gasteiger partial charge in [-0.05, 0) is 69.2 Å². The lowest BCUT2D eigenvalue weighted by atomic mass is 10.0. The molecule has 1 unspecified atom stereocenters. The fourth-order valence-corrected chi connectivity index (χ4v) is 4.16. The zero-order valence-electron chi connectivity index (χ0n) is 18.9. The first kappa shape index (κ1) is 21.7. The summed E-state index contributed by atoms with van der Waals surface area (Å²) in [7, 11) is 3.28. The minimum atomic E-state index is -0.0528. The molecule has 7 nitrogen and oxygen atoms in total. The highest BCUT2D eigenvalue weighted by Crippen LogP contribution is 2.39. The largest absolute Gasteiger partial charge is 0.497 e. The molecule has 1 saturated heterocycles. The van der Waals surface area contributed by atoms with Crippen LogP contribution in [0.1, 0.15) is 51.8 Å². The predicted octanol–water partition coefficient (Wildman–Crippen LogP) is 4.86. The number of hydrogen-bond acceptors (Lipinski definition) is 6. The molecule has 7 heteroatoms. The quantitative estimate of drug-likeness (QED) is 0.526. The van der Waals surface area contributed by atoms with Gasteiger partial charge in [-0.3, -0.25) is 4.79 Å². The van der Waals surface area contributed by atoms with E-state index >= 15 is 0 Å². The maximum Gasteiger partial charge on any atom is 0.254 e. The number of amides is 1. The van der Waals surface area contributed by atoms with Crippen LogP contribution < -0.4 is 14.2 Å². The van der Waals surface area contributed by atoms with Crippen molar-refractivity contribution in [2.75, 3.05) is 20.8 Å². The van der Waals surface area contributed by atoms with E-state index < -0.39 is 0 Å². The highest BCUT2D eigenvalue weighted by Gasteiger charge is 2.32. The average molecular weight is 437 g/mol. The number of aryl methyl sites for hydroxylation is 2. The number of rotatable bonds is 7. The molecule has 1 aliphatic heterocycles. The van der Waals surface area contributed by atoms with Crippen LogP contribution in [0.5, 0.6) is 17.2 Å². The van der Waals surface area contributed by atoms with Crippen molar-refractivity contribution in [2.24, 2.45) is 0 Å². The van der Waals surface area contributed by atoms with Gasteiger partial charge in [-0.25, -0.2) is 0 Å². The Bertz CT molecular complexity index is 1070. The average Bonchev–Trinajstić information content (AvgIpc) is 3.43. The normalized spacial score (nSPS) is 15.6. The SMILES string of the molecule is COc1ccc(OC)c(C2CCCN2C(=O)c2ccc(OCc3c(C)noc3C)cc2)c1. The van der Waals surface area contributed by atoms with E-state index in [4.69, 9.17) is 18.7 Å². The van der Waals surface area contributed by atoms with Gasteiger partial charge in [0.25, 0.3) is 5.91 Å². The third kappa shape index (κ3) is 4.28. The van der Waals surface area contributed by atoms with E-state index in [9.17, 15) is 4.79 Å². The van der Waals surface area contributed by atoms with E-state index in [1.165, 1.54) is 0 Å². The second-order valence-electron chi connectivity index (χ2n) is 7.88. The second kappa shape index (κ2) is 9.34. The minimum absolute atomic E-state index is 0.00496. The van der Waals surface area contributed by atoms with Crippen molar-refractivity contribution in [2.45, 2.75) is 39.3 Å². The first-order chi connectivity index (χ1) is 15.5. The Labute approximate surface area is 187 Å². The van der Waals surface area contributed by atoms with Gasteiger partial charge in [-0.2, -0.15) is 0 Å². The topological polar surface area (TPSA) is 74.0 Å². The molecule has 4 rings (SSSR count). The third-order valence-electron chi connectivity index (χ3n) is 5.98. The molecule has 1 aromatic heterocycles. The van der Waals surface area contributed by atoms with Gasteiger partial charge in [0.2, 0.25) is 0 Å². The molecule has 0 spiro atoms. The molecule has 1 amide bonds. The summed E-state index contributed by atoms with van der Waals surface area (Å²) in [4.78, 5) is 15.2. The van der Waals surface area contributed by atoms with Crippen molar-refractivity contribution < 1.29 is 23.5 Å². The van der Waals surface area contributed by atoms with Crippen LogP contribution in [0.15, 0.2) is 47.0 Å². The van der Waals surface area contributed by atoms with Gasteiger partial charge in [0, 0.05) is 17.7 Å². The number of aromatic nitrogens is 1. The zero-order valence-corrected chi connectivity index (χ0v) is 18.9. The first-order valence-electron chi connectivity index (χ1n) is 10.7. The molecular formula is C25H28N2O5. The summed E-state index contributed by atoms with van der Waals surface area (Å²) in [6.45, 7) is 4.83. The van der Waals surface area contributed by atoms with Crippen LogP contribution in [0.4, 0.5) is 0 Å². The van der Waals surface area contributed by atoms with Crippen LogP contribution in [0.3, 0.4) is 0 Å². The lowest BCUT2D eigenvalue weighted by Gasteiger charge is -2.27. The molecule has 0 aliphatic carbocycles. The number of nitrogens with zero attached hydrogens (tertiary/aromatic N) is 2. The smallest absolute Gasteiger partial charge is 0.254 e. The number of hydrogen-bond donors (Lipinski definition) is 0. The fourth-order valence-electron chi connectivity index (χ4n) is 4.16. The van der Waals surface area contributed by atoms with Crippen molar-refractivity contribution in [3.63, 3.8) is 0 Å². The molecule has 32 heavy (non-hydrogen) atoms. The Morgan fingerprint density at radius 2 is 1.84 bits per heavy atom. The number of methoxy groups -OCH3 is 2. The van der Waals surface area contributed by atoms with Crippen LogP contribution in [-0.4, -0.2) is 36.7 Å². The van der Waals surface area contributed by atoms with Crippen LogP contribution in [0.2, 0.25) is 0 Å². The maximum absolute atomic E-state index is 13.3. The summed E-state index contributed by atoms with van der Waals surface area (Å²) >= 11 is 0. The molecule has 0 radical (unpaired) electrons. The molecule has 1 atom stereocenters. The van der Waals surface area contributed by atoms with Gasteiger partial charge in [0.05, 0.1) is 31.5 Å². The summed E-state index contributed by atoms with van der Waals surface area (Å²) < 4.78 is 22.0. The molecule has 3 aromatic rings. The molecule has 168 valence electrons. The number of likely N-dealkylation sites (tertiary alicyclic amines) is 1. The van der Waals surface area contributed by atoms with Crippen LogP contribution in [-0.2, 0) is 6.61 Å². The van der Waals surface area contributed by atoms with Crippen molar-refractivity contribution in [1.82, 2.24) is 10.1 Å². The second-order valence-corrected chi connectivity index (χ2v) is 7.88. The molecule has 2 aromatic carbocycles. The van der Waals surface area contributed by atoms with E-state index in [2.05, 4.69) is 5.16 Å². The predicted molar refractivity (Wildman–Crippen MR) is 119 cm³/mol. The zero-order chi connectivity index (χ0) is 22.7. The van der Waals surface area contributed by atoms with Crippen molar-refractivity contribution in [3.05, 3.63) is 70.6 Å².